The number of amides is 2. The van der Waals surface area contributed by atoms with Crippen molar-refractivity contribution in [1.29, 1.82) is 0 Å². The van der Waals surface area contributed by atoms with Gasteiger partial charge in [0.1, 0.15) is 5.75 Å². The molecule has 0 bridgehead atoms. The number of likely N-dealkylation sites (tertiary alicyclic amines) is 1. The van der Waals surface area contributed by atoms with E-state index in [4.69, 9.17) is 9.47 Å². The van der Waals surface area contributed by atoms with Gasteiger partial charge in [0.15, 0.2) is 0 Å². The number of rotatable bonds is 4. The maximum atomic E-state index is 12.9. The highest BCUT2D eigenvalue weighted by Crippen LogP contribution is 2.30. The summed E-state index contributed by atoms with van der Waals surface area (Å²) in [5.74, 6) is 1.35. The molecule has 0 aliphatic carbocycles. The zero-order chi connectivity index (χ0) is 21.9. The lowest BCUT2D eigenvalue weighted by Gasteiger charge is -2.32. The van der Waals surface area contributed by atoms with Crippen molar-refractivity contribution in [2.45, 2.75) is 38.0 Å². The lowest BCUT2D eigenvalue weighted by atomic mass is 9.90. The first kappa shape index (κ1) is 21.0. The molecule has 2 amide bonds. The first-order chi connectivity index (χ1) is 15.7. The van der Waals surface area contributed by atoms with Gasteiger partial charge in [-0.1, -0.05) is 12.1 Å². The van der Waals surface area contributed by atoms with Crippen LogP contribution in [0.5, 0.6) is 5.75 Å². The molecule has 1 aromatic carbocycles. The molecule has 0 radical (unpaired) electrons. The predicted molar refractivity (Wildman–Crippen MR) is 118 cm³/mol. The number of nitrogens with one attached hydrogen (secondary N) is 1. The number of nitrogens with zero attached hydrogens (tertiary/aromatic N) is 3. The number of piperidine rings is 1. The van der Waals surface area contributed by atoms with Gasteiger partial charge < -0.3 is 19.3 Å². The summed E-state index contributed by atoms with van der Waals surface area (Å²) in [6.45, 7) is 4.56. The third kappa shape index (κ3) is 4.37. The van der Waals surface area contributed by atoms with Gasteiger partial charge in [-0.25, -0.2) is 0 Å². The first-order valence-electron chi connectivity index (χ1n) is 11.6. The summed E-state index contributed by atoms with van der Waals surface area (Å²) in [4.78, 5) is 29.6. The second-order valence-corrected chi connectivity index (χ2v) is 8.83. The van der Waals surface area contributed by atoms with Gasteiger partial charge in [-0.05, 0) is 42.9 Å². The van der Waals surface area contributed by atoms with Gasteiger partial charge in [-0.3, -0.25) is 14.7 Å². The Kier molecular flexibility index (Phi) is 6.12. The van der Waals surface area contributed by atoms with E-state index in [2.05, 4.69) is 16.3 Å². The molecule has 1 N–H and O–H groups in total. The van der Waals surface area contributed by atoms with Gasteiger partial charge >= 0.3 is 0 Å². The Bertz CT molecular complexity index is 974. The summed E-state index contributed by atoms with van der Waals surface area (Å²) in [6.07, 6.45) is 5.76. The molecule has 2 saturated heterocycles. The molecule has 0 saturated carbocycles. The molecule has 170 valence electrons. The van der Waals surface area contributed by atoms with Crippen LogP contribution in [-0.4, -0.2) is 77.8 Å². The molecule has 4 heterocycles. The number of aryl methyl sites for hydroxylation is 1. The van der Waals surface area contributed by atoms with Crippen LogP contribution in [0.3, 0.4) is 0 Å². The Morgan fingerprint density at radius 3 is 2.69 bits per heavy atom. The molecule has 0 unspecified atom stereocenters. The summed E-state index contributed by atoms with van der Waals surface area (Å²) in [5.41, 5.74) is 3.82. The Balaban J connectivity index is 1.18. The third-order valence-corrected chi connectivity index (χ3v) is 6.78. The van der Waals surface area contributed by atoms with Gasteiger partial charge in [-0.2, -0.15) is 5.10 Å². The minimum absolute atomic E-state index is 0.0203. The van der Waals surface area contributed by atoms with Crippen molar-refractivity contribution in [2.75, 3.05) is 46.0 Å². The average Bonchev–Trinajstić information content (AvgIpc) is 3.34. The van der Waals surface area contributed by atoms with E-state index in [-0.39, 0.29) is 17.7 Å². The summed E-state index contributed by atoms with van der Waals surface area (Å²) in [5, 5.41) is 7.23. The number of aromatic amines is 1. The second-order valence-electron chi connectivity index (χ2n) is 8.83. The van der Waals surface area contributed by atoms with E-state index in [1.807, 2.05) is 21.9 Å². The molecule has 1 aromatic heterocycles. The highest BCUT2D eigenvalue weighted by atomic mass is 16.5. The van der Waals surface area contributed by atoms with E-state index < -0.39 is 0 Å². The highest BCUT2D eigenvalue weighted by molar-refractivity contribution is 5.95. The number of carbonyl (C=O) groups is 2. The van der Waals surface area contributed by atoms with Gasteiger partial charge in [0, 0.05) is 32.1 Å². The van der Waals surface area contributed by atoms with Crippen LogP contribution < -0.4 is 4.74 Å². The highest BCUT2D eigenvalue weighted by Gasteiger charge is 2.30. The van der Waals surface area contributed by atoms with Crippen LogP contribution in [-0.2, 0) is 22.4 Å². The Labute approximate surface area is 187 Å². The molecule has 8 heteroatoms. The number of hydrogen-bond acceptors (Lipinski definition) is 5. The lowest BCUT2D eigenvalue weighted by molar-refractivity contribution is -0.131. The summed E-state index contributed by atoms with van der Waals surface area (Å²) >= 11 is 0. The van der Waals surface area contributed by atoms with Crippen molar-refractivity contribution < 1.29 is 19.1 Å². The maximum absolute atomic E-state index is 12.9. The fourth-order valence-electron chi connectivity index (χ4n) is 4.94. The van der Waals surface area contributed by atoms with Crippen LogP contribution in [0.15, 0.2) is 24.4 Å². The first-order valence-corrected chi connectivity index (χ1v) is 11.6. The maximum Gasteiger partial charge on any atom is 0.257 e. The number of fused-ring (bicyclic) bond motifs is 1. The molecule has 0 spiro atoms. The summed E-state index contributed by atoms with van der Waals surface area (Å²) in [6, 6.07) is 6.12. The molecule has 5 rings (SSSR count). The number of ether oxygens (including phenoxy) is 2. The molecule has 0 atom stereocenters. The topological polar surface area (TPSA) is 87.8 Å². The minimum atomic E-state index is 0.0203. The second kappa shape index (κ2) is 9.32. The van der Waals surface area contributed by atoms with Crippen LogP contribution in [0.1, 0.15) is 52.4 Å². The molecule has 32 heavy (non-hydrogen) atoms. The molecule has 3 aliphatic rings. The molecule has 2 fully saturated rings. The fourth-order valence-corrected chi connectivity index (χ4v) is 4.94. The van der Waals surface area contributed by atoms with Crippen molar-refractivity contribution in [1.82, 2.24) is 20.0 Å². The average molecular weight is 439 g/mol. The van der Waals surface area contributed by atoms with E-state index in [0.717, 1.165) is 49.3 Å². The zero-order valence-corrected chi connectivity index (χ0v) is 18.3. The van der Waals surface area contributed by atoms with Crippen LogP contribution in [0.2, 0.25) is 0 Å². The van der Waals surface area contributed by atoms with E-state index in [1.54, 1.807) is 6.20 Å². The normalized spacial score (nSPS) is 19.4. The molecule has 2 aromatic rings. The molecular formula is C24H30N4O4. The number of aromatic nitrogens is 2. The SMILES string of the molecule is O=C(Cc1ccc2c(c1)CCCO2)N1CCC(c2[nH]ncc2C(=O)N2CCOCC2)CC1. The van der Waals surface area contributed by atoms with Crippen LogP contribution in [0.25, 0.3) is 0 Å². The molecule has 8 nitrogen and oxygen atoms in total. The van der Waals surface area contributed by atoms with Crippen molar-refractivity contribution in [3.05, 3.63) is 46.8 Å². The lowest BCUT2D eigenvalue weighted by Crippen LogP contribution is -2.41. The minimum Gasteiger partial charge on any atom is -0.493 e. The van der Waals surface area contributed by atoms with E-state index in [9.17, 15) is 9.59 Å². The number of H-pyrrole nitrogens is 1. The zero-order valence-electron chi connectivity index (χ0n) is 18.3. The van der Waals surface area contributed by atoms with Crippen molar-refractivity contribution in [2.24, 2.45) is 0 Å². The monoisotopic (exact) mass is 438 g/mol. The van der Waals surface area contributed by atoms with Crippen LogP contribution in [0, 0.1) is 0 Å². The Hall–Kier alpha value is -2.87. The summed E-state index contributed by atoms with van der Waals surface area (Å²) in [7, 11) is 0. The van der Waals surface area contributed by atoms with Crippen LogP contribution >= 0.6 is 0 Å². The number of benzene rings is 1. The standard InChI is InChI=1S/C24H30N4O4/c29-22(15-17-3-4-21-19(14-17)2-1-11-32-21)27-7-5-18(6-8-27)23-20(16-25-26-23)24(30)28-9-12-31-13-10-28/h3-4,14,16,18H,1-2,5-13,15H2,(H,25,26). The van der Waals surface area contributed by atoms with Crippen molar-refractivity contribution in [3.63, 3.8) is 0 Å². The van der Waals surface area contributed by atoms with E-state index >= 15 is 0 Å². The van der Waals surface area contributed by atoms with Crippen LogP contribution in [0.4, 0.5) is 0 Å². The number of carbonyl (C=O) groups excluding carboxylic acids is 2. The fraction of sp³-hybridized carbons (Fsp3) is 0.542. The molecule has 3 aliphatic heterocycles. The van der Waals surface area contributed by atoms with E-state index in [1.165, 1.54) is 5.56 Å². The summed E-state index contributed by atoms with van der Waals surface area (Å²) < 4.78 is 11.0. The van der Waals surface area contributed by atoms with Gasteiger partial charge in [0.05, 0.1) is 43.7 Å². The number of hydrogen-bond donors (Lipinski definition) is 1. The largest absolute Gasteiger partial charge is 0.493 e. The number of morpholine rings is 1. The van der Waals surface area contributed by atoms with Gasteiger partial charge in [0.25, 0.3) is 5.91 Å². The smallest absolute Gasteiger partial charge is 0.257 e. The van der Waals surface area contributed by atoms with Gasteiger partial charge in [0.2, 0.25) is 5.91 Å². The molecular weight excluding hydrogens is 408 g/mol. The van der Waals surface area contributed by atoms with E-state index in [0.29, 0.717) is 51.4 Å². The third-order valence-electron chi connectivity index (χ3n) is 6.78. The predicted octanol–water partition coefficient (Wildman–Crippen LogP) is 2.16. The van der Waals surface area contributed by atoms with Crippen molar-refractivity contribution in [3.8, 4) is 5.75 Å². The Morgan fingerprint density at radius 1 is 1.06 bits per heavy atom. The Morgan fingerprint density at radius 2 is 1.88 bits per heavy atom. The van der Waals surface area contributed by atoms with Gasteiger partial charge in [-0.15, -0.1) is 0 Å². The quantitative estimate of drug-likeness (QED) is 0.790. The van der Waals surface area contributed by atoms with Crippen molar-refractivity contribution >= 4 is 11.8 Å².